The number of hydrogen-bond acceptors (Lipinski definition) is 4. The van der Waals surface area contributed by atoms with Crippen LogP contribution in [0.2, 0.25) is 0 Å². The molecule has 6 heteroatoms. The van der Waals surface area contributed by atoms with Gasteiger partial charge in [-0.05, 0) is 6.92 Å². The van der Waals surface area contributed by atoms with Crippen LogP contribution in [-0.2, 0) is 0 Å². The number of thiol groups is 1. The number of aliphatic imine (C=N–C) groups is 1. The minimum atomic E-state index is -0.451. The lowest BCUT2D eigenvalue weighted by atomic mass is 10.3. The lowest BCUT2D eigenvalue weighted by Crippen LogP contribution is -2.36. The van der Waals surface area contributed by atoms with Gasteiger partial charge in [0.2, 0.25) is 0 Å². The fourth-order valence-electron chi connectivity index (χ4n) is 0.740. The summed E-state index contributed by atoms with van der Waals surface area (Å²) in [7, 11) is 0. The Morgan fingerprint density at radius 3 is 2.93 bits per heavy atom. The normalized spacial score (nSPS) is 13.1. The minimum Gasteiger partial charge on any atom is -0.355 e. The molecule has 1 atom stereocenters. The van der Waals surface area contributed by atoms with Crippen molar-refractivity contribution in [3.8, 4) is 12.3 Å². The van der Waals surface area contributed by atoms with E-state index in [1.165, 1.54) is 0 Å². The largest absolute Gasteiger partial charge is 0.355 e. The maximum absolute atomic E-state index is 10.3. The number of rotatable bonds is 5. The standard InChI is InChI=1S/C8H13N3O2S/c1-3-7(2)10-8(6-11(12)13)9-4-5-14/h1,7,14H,4-6H2,2H3,(H,9,10). The Balaban J connectivity index is 4.25. The quantitative estimate of drug-likeness (QED) is 0.172. The van der Waals surface area contributed by atoms with E-state index in [-0.39, 0.29) is 12.6 Å². The molecule has 0 amide bonds. The molecule has 0 saturated carbocycles. The average Bonchev–Trinajstić information content (AvgIpc) is 2.13. The molecule has 0 aliphatic carbocycles. The molecule has 0 bridgehead atoms. The van der Waals surface area contributed by atoms with Crippen molar-refractivity contribution in [2.75, 3.05) is 18.8 Å². The fraction of sp³-hybridized carbons (Fsp3) is 0.625. The van der Waals surface area contributed by atoms with Crippen LogP contribution in [-0.4, -0.2) is 35.6 Å². The summed E-state index contributed by atoms with van der Waals surface area (Å²) in [6.07, 6.45) is 5.13. The molecule has 0 radical (unpaired) electrons. The Labute approximate surface area is 88.5 Å². The van der Waals surface area contributed by atoms with Crippen molar-refractivity contribution in [2.24, 2.45) is 4.99 Å². The summed E-state index contributed by atoms with van der Waals surface area (Å²) in [5.74, 6) is 3.26. The Morgan fingerprint density at radius 1 is 1.86 bits per heavy atom. The van der Waals surface area contributed by atoms with Gasteiger partial charge in [-0.25, -0.2) is 0 Å². The van der Waals surface area contributed by atoms with E-state index >= 15 is 0 Å². The molecule has 0 heterocycles. The van der Waals surface area contributed by atoms with Gasteiger partial charge >= 0.3 is 0 Å². The van der Waals surface area contributed by atoms with Crippen molar-refractivity contribution in [3.05, 3.63) is 10.1 Å². The Hall–Kier alpha value is -1.22. The molecule has 0 aromatic rings. The number of terminal acetylenes is 1. The molecular formula is C8H13N3O2S. The van der Waals surface area contributed by atoms with E-state index in [2.05, 4.69) is 28.9 Å². The van der Waals surface area contributed by atoms with Crippen LogP contribution in [0.5, 0.6) is 0 Å². The van der Waals surface area contributed by atoms with Crippen LogP contribution in [0.25, 0.3) is 0 Å². The fourth-order valence-corrected chi connectivity index (χ4v) is 0.840. The van der Waals surface area contributed by atoms with E-state index in [0.29, 0.717) is 18.1 Å². The average molecular weight is 215 g/mol. The van der Waals surface area contributed by atoms with E-state index in [1.54, 1.807) is 6.92 Å². The molecule has 0 rings (SSSR count). The molecule has 0 aromatic heterocycles. The van der Waals surface area contributed by atoms with E-state index in [0.717, 1.165) is 0 Å². The number of hydrogen-bond donors (Lipinski definition) is 2. The van der Waals surface area contributed by atoms with Crippen molar-refractivity contribution >= 4 is 18.5 Å². The van der Waals surface area contributed by atoms with Crippen molar-refractivity contribution in [1.82, 2.24) is 5.32 Å². The zero-order valence-electron chi connectivity index (χ0n) is 7.93. The van der Waals surface area contributed by atoms with Crippen LogP contribution in [0.4, 0.5) is 0 Å². The maximum Gasteiger partial charge on any atom is 0.259 e. The SMILES string of the molecule is C#CC(C)NC(C[N+](=O)[O-])=NCCS. The van der Waals surface area contributed by atoms with E-state index < -0.39 is 4.92 Å². The summed E-state index contributed by atoms with van der Waals surface area (Å²) in [5.41, 5.74) is 0. The third kappa shape index (κ3) is 6.31. The van der Waals surface area contributed by atoms with Gasteiger partial charge in [-0.3, -0.25) is 15.1 Å². The van der Waals surface area contributed by atoms with Crippen LogP contribution < -0.4 is 5.32 Å². The Morgan fingerprint density at radius 2 is 2.50 bits per heavy atom. The Bertz CT molecular complexity index is 260. The first-order chi connectivity index (χ1) is 6.60. The van der Waals surface area contributed by atoms with Gasteiger partial charge in [0.25, 0.3) is 6.54 Å². The number of nitro groups is 1. The van der Waals surface area contributed by atoms with Gasteiger partial charge in [-0.1, -0.05) is 5.92 Å². The van der Waals surface area contributed by atoms with Gasteiger partial charge in [0, 0.05) is 17.2 Å². The molecule has 78 valence electrons. The van der Waals surface area contributed by atoms with Crippen LogP contribution in [0.1, 0.15) is 6.92 Å². The highest BCUT2D eigenvalue weighted by Gasteiger charge is 2.08. The monoisotopic (exact) mass is 215 g/mol. The molecule has 0 aromatic carbocycles. The van der Waals surface area contributed by atoms with Crippen molar-refractivity contribution in [1.29, 1.82) is 0 Å². The molecule has 0 spiro atoms. The highest BCUT2D eigenvalue weighted by molar-refractivity contribution is 7.80. The second-order valence-electron chi connectivity index (χ2n) is 2.58. The molecule has 0 saturated heterocycles. The predicted octanol–water partition coefficient (Wildman–Crippen LogP) is 0.203. The summed E-state index contributed by atoms with van der Waals surface area (Å²) < 4.78 is 0. The van der Waals surface area contributed by atoms with Gasteiger partial charge in [-0.15, -0.1) is 6.42 Å². The van der Waals surface area contributed by atoms with Crippen LogP contribution >= 0.6 is 12.6 Å². The van der Waals surface area contributed by atoms with E-state index in [4.69, 9.17) is 6.42 Å². The number of amidine groups is 1. The summed E-state index contributed by atoms with van der Waals surface area (Å²) in [6.45, 7) is 1.84. The van der Waals surface area contributed by atoms with Gasteiger partial charge in [0.1, 0.15) is 0 Å². The number of nitrogens with zero attached hydrogens (tertiary/aromatic N) is 2. The third-order valence-electron chi connectivity index (χ3n) is 1.31. The van der Waals surface area contributed by atoms with Crippen molar-refractivity contribution < 1.29 is 4.92 Å². The molecule has 0 aliphatic rings. The second kappa shape index (κ2) is 7.21. The third-order valence-corrected chi connectivity index (χ3v) is 1.51. The smallest absolute Gasteiger partial charge is 0.259 e. The highest BCUT2D eigenvalue weighted by Crippen LogP contribution is 1.85. The first kappa shape index (κ1) is 12.8. The van der Waals surface area contributed by atoms with Crippen LogP contribution in [0.15, 0.2) is 4.99 Å². The molecule has 0 fully saturated rings. The van der Waals surface area contributed by atoms with Gasteiger partial charge < -0.3 is 5.32 Å². The highest BCUT2D eigenvalue weighted by atomic mass is 32.1. The molecule has 1 N–H and O–H groups in total. The van der Waals surface area contributed by atoms with E-state index in [1.807, 2.05) is 0 Å². The summed E-state index contributed by atoms with van der Waals surface area (Å²) in [6, 6.07) is -0.256. The zero-order valence-corrected chi connectivity index (χ0v) is 8.83. The Kier molecular flexibility index (Phi) is 6.58. The van der Waals surface area contributed by atoms with Gasteiger partial charge in [0.15, 0.2) is 5.84 Å². The van der Waals surface area contributed by atoms with Crippen LogP contribution in [0.3, 0.4) is 0 Å². The number of nitrogens with one attached hydrogen (secondary N) is 1. The topological polar surface area (TPSA) is 67.5 Å². The maximum atomic E-state index is 10.3. The molecule has 14 heavy (non-hydrogen) atoms. The van der Waals surface area contributed by atoms with Crippen molar-refractivity contribution in [2.45, 2.75) is 13.0 Å². The van der Waals surface area contributed by atoms with Gasteiger partial charge in [0.05, 0.1) is 6.04 Å². The van der Waals surface area contributed by atoms with Gasteiger partial charge in [-0.2, -0.15) is 12.6 Å². The summed E-state index contributed by atoms with van der Waals surface area (Å²) in [4.78, 5) is 13.8. The molecule has 1 unspecified atom stereocenters. The summed E-state index contributed by atoms with van der Waals surface area (Å²) in [5, 5.41) is 13.0. The molecular weight excluding hydrogens is 202 g/mol. The second-order valence-corrected chi connectivity index (χ2v) is 3.02. The first-order valence-electron chi connectivity index (χ1n) is 4.08. The lowest BCUT2D eigenvalue weighted by molar-refractivity contribution is -0.463. The van der Waals surface area contributed by atoms with E-state index in [9.17, 15) is 10.1 Å². The summed E-state index contributed by atoms with van der Waals surface area (Å²) >= 11 is 3.95. The minimum absolute atomic E-state index is 0.256. The predicted molar refractivity (Wildman–Crippen MR) is 59.4 cm³/mol. The zero-order chi connectivity index (χ0) is 11.0. The molecule has 5 nitrogen and oxygen atoms in total. The first-order valence-corrected chi connectivity index (χ1v) is 4.72. The van der Waals surface area contributed by atoms with Crippen molar-refractivity contribution in [3.63, 3.8) is 0 Å². The van der Waals surface area contributed by atoms with Crippen LogP contribution in [0, 0.1) is 22.5 Å². The molecule has 0 aliphatic heterocycles. The lowest BCUT2D eigenvalue weighted by Gasteiger charge is -2.08.